The highest BCUT2D eigenvalue weighted by atomic mass is 16.5. The smallest absolute Gasteiger partial charge is 0.335 e. The Morgan fingerprint density at radius 2 is 1.86 bits per heavy atom. The third kappa shape index (κ3) is 5.02. The Balaban J connectivity index is 1.64. The fourth-order valence-corrected chi connectivity index (χ4v) is 2.64. The van der Waals surface area contributed by atoms with E-state index in [4.69, 9.17) is 9.84 Å². The van der Waals surface area contributed by atoms with Gasteiger partial charge in [0.25, 0.3) is 0 Å². The van der Waals surface area contributed by atoms with Gasteiger partial charge in [0.1, 0.15) is 12.4 Å². The van der Waals surface area contributed by atoms with Crippen molar-refractivity contribution in [2.24, 2.45) is 0 Å². The van der Waals surface area contributed by atoms with Gasteiger partial charge in [-0.05, 0) is 37.1 Å². The van der Waals surface area contributed by atoms with Crippen molar-refractivity contribution in [3.05, 3.63) is 29.8 Å². The third-order valence-corrected chi connectivity index (χ3v) is 3.89. The molecule has 0 bridgehead atoms. The minimum atomic E-state index is -0.941. The highest BCUT2D eigenvalue weighted by molar-refractivity contribution is 5.87. The molecule has 21 heavy (non-hydrogen) atoms. The Labute approximate surface area is 124 Å². The van der Waals surface area contributed by atoms with E-state index in [1.54, 1.807) is 12.1 Å². The zero-order valence-electron chi connectivity index (χ0n) is 12.2. The molecular weight excluding hydrogens is 270 g/mol. The second kappa shape index (κ2) is 7.43. The first kappa shape index (κ1) is 15.8. The molecule has 0 heterocycles. The average molecular weight is 293 g/mol. The van der Waals surface area contributed by atoms with E-state index in [1.807, 2.05) is 0 Å². The van der Waals surface area contributed by atoms with Gasteiger partial charge in [0.05, 0.1) is 11.2 Å². The molecule has 0 radical (unpaired) electrons. The van der Waals surface area contributed by atoms with Crippen LogP contribution in [-0.2, 0) is 0 Å². The Hall–Kier alpha value is -1.59. The van der Waals surface area contributed by atoms with Crippen molar-refractivity contribution in [3.63, 3.8) is 0 Å². The van der Waals surface area contributed by atoms with Crippen molar-refractivity contribution in [1.82, 2.24) is 5.32 Å². The number of aliphatic hydroxyl groups is 1. The van der Waals surface area contributed by atoms with Gasteiger partial charge in [-0.25, -0.2) is 4.79 Å². The van der Waals surface area contributed by atoms with E-state index in [0.717, 1.165) is 25.7 Å². The summed E-state index contributed by atoms with van der Waals surface area (Å²) in [6.07, 6.45) is 5.17. The number of carbonyl (C=O) groups is 1. The molecule has 1 aliphatic rings. The molecule has 1 aliphatic carbocycles. The zero-order chi connectivity index (χ0) is 15.1. The predicted octanol–water partition coefficient (Wildman–Crippen LogP) is 2.05. The summed E-state index contributed by atoms with van der Waals surface area (Å²) in [5.41, 5.74) is -0.304. The number of carboxylic acid groups (broad SMARTS) is 1. The molecule has 0 unspecified atom stereocenters. The summed E-state index contributed by atoms with van der Waals surface area (Å²) < 4.78 is 5.53. The summed E-state index contributed by atoms with van der Waals surface area (Å²) in [6.45, 7) is 1.75. The maximum Gasteiger partial charge on any atom is 0.335 e. The van der Waals surface area contributed by atoms with Gasteiger partial charge >= 0.3 is 5.97 Å². The number of aromatic carboxylic acids is 1. The summed E-state index contributed by atoms with van der Waals surface area (Å²) in [5.74, 6) is -0.290. The molecule has 0 saturated heterocycles. The average Bonchev–Trinajstić information content (AvgIpc) is 2.48. The van der Waals surface area contributed by atoms with Crippen LogP contribution in [0.4, 0.5) is 0 Å². The standard InChI is InChI=1S/C16H23NO4/c18-15(19)13-4-6-14(7-5-13)21-11-10-17-12-16(20)8-2-1-3-9-16/h4-7,17,20H,1-3,8-12H2,(H,18,19). The number of hydrogen-bond acceptors (Lipinski definition) is 4. The summed E-state index contributed by atoms with van der Waals surface area (Å²) in [7, 11) is 0. The SMILES string of the molecule is O=C(O)c1ccc(OCCNCC2(O)CCCCC2)cc1. The number of carboxylic acids is 1. The van der Waals surface area contributed by atoms with Crippen LogP contribution < -0.4 is 10.1 Å². The van der Waals surface area contributed by atoms with Crippen LogP contribution >= 0.6 is 0 Å². The molecule has 0 aromatic heterocycles. The molecule has 5 heteroatoms. The number of rotatable bonds is 7. The molecule has 3 N–H and O–H groups in total. The van der Waals surface area contributed by atoms with Crippen LogP contribution in [0.15, 0.2) is 24.3 Å². The van der Waals surface area contributed by atoms with Crippen molar-refractivity contribution in [2.75, 3.05) is 19.7 Å². The molecule has 2 rings (SSSR count). The molecule has 1 saturated carbocycles. The highest BCUT2D eigenvalue weighted by Crippen LogP contribution is 2.27. The lowest BCUT2D eigenvalue weighted by Gasteiger charge is -2.32. The molecule has 1 aromatic carbocycles. The number of ether oxygens (including phenoxy) is 1. The molecule has 116 valence electrons. The van der Waals surface area contributed by atoms with Crippen LogP contribution in [0.2, 0.25) is 0 Å². The number of hydrogen-bond donors (Lipinski definition) is 3. The summed E-state index contributed by atoms with van der Waals surface area (Å²) in [5, 5.41) is 22.3. The highest BCUT2D eigenvalue weighted by Gasteiger charge is 2.28. The minimum Gasteiger partial charge on any atom is -0.492 e. The minimum absolute atomic E-state index is 0.250. The van der Waals surface area contributed by atoms with Gasteiger partial charge in [-0.2, -0.15) is 0 Å². The van der Waals surface area contributed by atoms with E-state index in [-0.39, 0.29) is 5.56 Å². The van der Waals surface area contributed by atoms with Gasteiger partial charge in [0, 0.05) is 13.1 Å². The predicted molar refractivity (Wildman–Crippen MR) is 79.8 cm³/mol. The van der Waals surface area contributed by atoms with Crippen LogP contribution in [0.5, 0.6) is 5.75 Å². The quantitative estimate of drug-likeness (QED) is 0.671. The number of benzene rings is 1. The second-order valence-corrected chi connectivity index (χ2v) is 5.64. The molecule has 0 amide bonds. The van der Waals surface area contributed by atoms with Gasteiger partial charge in [-0.1, -0.05) is 19.3 Å². The van der Waals surface area contributed by atoms with Crippen molar-refractivity contribution in [1.29, 1.82) is 0 Å². The molecule has 1 fully saturated rings. The molecule has 0 aliphatic heterocycles. The first-order valence-electron chi connectivity index (χ1n) is 7.48. The number of nitrogens with one attached hydrogen (secondary N) is 1. The lowest BCUT2D eigenvalue weighted by atomic mass is 9.85. The van der Waals surface area contributed by atoms with Gasteiger partial charge in [0.2, 0.25) is 0 Å². The maximum atomic E-state index is 10.7. The van der Waals surface area contributed by atoms with Crippen molar-refractivity contribution >= 4 is 5.97 Å². The summed E-state index contributed by atoms with van der Waals surface area (Å²) in [6, 6.07) is 6.35. The monoisotopic (exact) mass is 293 g/mol. The van der Waals surface area contributed by atoms with Gasteiger partial charge in [-0.3, -0.25) is 0 Å². The van der Waals surface area contributed by atoms with Crippen LogP contribution in [0.25, 0.3) is 0 Å². The van der Waals surface area contributed by atoms with Crippen molar-refractivity contribution < 1.29 is 19.7 Å². The zero-order valence-corrected chi connectivity index (χ0v) is 12.2. The molecule has 1 aromatic rings. The van der Waals surface area contributed by atoms with E-state index in [2.05, 4.69) is 5.32 Å². The normalized spacial score (nSPS) is 17.4. The van der Waals surface area contributed by atoms with Gasteiger partial charge < -0.3 is 20.3 Å². The first-order valence-corrected chi connectivity index (χ1v) is 7.48. The largest absolute Gasteiger partial charge is 0.492 e. The summed E-state index contributed by atoms with van der Waals surface area (Å²) in [4.78, 5) is 10.7. The van der Waals surface area contributed by atoms with Gasteiger partial charge in [0.15, 0.2) is 0 Å². The van der Waals surface area contributed by atoms with E-state index >= 15 is 0 Å². The van der Waals surface area contributed by atoms with Gasteiger partial charge in [-0.15, -0.1) is 0 Å². The molecular formula is C16H23NO4. The fraction of sp³-hybridized carbons (Fsp3) is 0.562. The van der Waals surface area contributed by atoms with Crippen LogP contribution in [0.3, 0.4) is 0 Å². The van der Waals surface area contributed by atoms with Crippen LogP contribution in [-0.4, -0.2) is 41.5 Å². The lowest BCUT2D eigenvalue weighted by molar-refractivity contribution is 0.00456. The van der Waals surface area contributed by atoms with Crippen molar-refractivity contribution in [2.45, 2.75) is 37.7 Å². The molecule has 0 spiro atoms. The van der Waals surface area contributed by atoms with E-state index in [1.165, 1.54) is 18.6 Å². The van der Waals surface area contributed by atoms with E-state index in [0.29, 0.717) is 25.4 Å². The van der Waals surface area contributed by atoms with Crippen LogP contribution in [0, 0.1) is 0 Å². The maximum absolute atomic E-state index is 10.7. The molecule has 0 atom stereocenters. The van der Waals surface area contributed by atoms with E-state index in [9.17, 15) is 9.90 Å². The van der Waals surface area contributed by atoms with Crippen LogP contribution in [0.1, 0.15) is 42.5 Å². The third-order valence-electron chi connectivity index (χ3n) is 3.89. The fourth-order valence-electron chi connectivity index (χ4n) is 2.64. The Kier molecular flexibility index (Phi) is 5.59. The summed E-state index contributed by atoms with van der Waals surface area (Å²) >= 11 is 0. The van der Waals surface area contributed by atoms with E-state index < -0.39 is 11.6 Å². The topological polar surface area (TPSA) is 78.8 Å². The van der Waals surface area contributed by atoms with Crippen molar-refractivity contribution in [3.8, 4) is 5.75 Å². The Morgan fingerprint density at radius 1 is 1.19 bits per heavy atom. The first-order chi connectivity index (χ1) is 10.1. The molecule has 5 nitrogen and oxygen atoms in total. The second-order valence-electron chi connectivity index (χ2n) is 5.64. The Morgan fingerprint density at radius 3 is 2.48 bits per heavy atom. The Bertz CT molecular complexity index is 452. The lowest BCUT2D eigenvalue weighted by Crippen LogP contribution is -2.43.